The highest BCUT2D eigenvalue weighted by molar-refractivity contribution is 5.78. The number of nitrogens with zero attached hydrogens (tertiary/aromatic N) is 4. The number of nitro benzene ring substituents is 1. The molecule has 0 atom stereocenters. The van der Waals surface area contributed by atoms with Crippen LogP contribution < -0.4 is 0 Å². The second-order valence-corrected chi connectivity index (χ2v) is 7.07. The van der Waals surface area contributed by atoms with E-state index in [0.717, 1.165) is 48.6 Å². The molecule has 154 valence electrons. The van der Waals surface area contributed by atoms with Gasteiger partial charge in [0.1, 0.15) is 5.82 Å². The average Bonchev–Trinajstić information content (AvgIpc) is 3.06. The molecule has 1 heterocycles. The molecule has 0 saturated carbocycles. The van der Waals surface area contributed by atoms with Gasteiger partial charge in [0.05, 0.1) is 22.6 Å². The quantitative estimate of drug-likeness (QED) is 0.375. The van der Waals surface area contributed by atoms with Gasteiger partial charge >= 0.3 is 0 Å². The van der Waals surface area contributed by atoms with Gasteiger partial charge in [0.25, 0.3) is 5.69 Å². The van der Waals surface area contributed by atoms with Crippen LogP contribution in [0.1, 0.15) is 30.8 Å². The minimum atomic E-state index is -0.391. The molecule has 0 aliphatic heterocycles. The van der Waals surface area contributed by atoms with Crippen LogP contribution in [0.2, 0.25) is 0 Å². The van der Waals surface area contributed by atoms with Gasteiger partial charge in [-0.2, -0.15) is 0 Å². The molecule has 0 spiro atoms. The lowest BCUT2D eigenvalue weighted by molar-refractivity contribution is -0.384. The van der Waals surface area contributed by atoms with Gasteiger partial charge < -0.3 is 9.47 Å². The fourth-order valence-electron chi connectivity index (χ4n) is 3.56. The van der Waals surface area contributed by atoms with Crippen molar-refractivity contribution in [3.05, 3.63) is 69.5 Å². The van der Waals surface area contributed by atoms with Crippen LogP contribution in [0.15, 0.2) is 42.5 Å². The Labute approximate surface area is 170 Å². The van der Waals surface area contributed by atoms with Crippen LogP contribution in [-0.4, -0.2) is 45.7 Å². The van der Waals surface area contributed by atoms with Crippen molar-refractivity contribution in [2.75, 3.05) is 26.3 Å². The van der Waals surface area contributed by atoms with Crippen LogP contribution >= 0.6 is 0 Å². The zero-order chi connectivity index (χ0) is 20.8. The lowest BCUT2D eigenvalue weighted by Crippen LogP contribution is -2.27. The van der Waals surface area contributed by atoms with Crippen LogP contribution in [0.3, 0.4) is 0 Å². The Kier molecular flexibility index (Phi) is 6.93. The third-order valence-electron chi connectivity index (χ3n) is 5.32. The van der Waals surface area contributed by atoms with E-state index in [1.165, 1.54) is 12.1 Å². The summed E-state index contributed by atoms with van der Waals surface area (Å²) < 4.78 is 14.7. The monoisotopic (exact) mass is 398 g/mol. The molecule has 0 fully saturated rings. The number of hydrogen-bond acceptors (Lipinski definition) is 4. The molecule has 0 saturated heterocycles. The predicted molar refractivity (Wildman–Crippen MR) is 113 cm³/mol. The molecular formula is C22H27FN4O2. The zero-order valence-electron chi connectivity index (χ0n) is 17.0. The number of imidazole rings is 1. The van der Waals surface area contributed by atoms with E-state index < -0.39 is 4.92 Å². The summed E-state index contributed by atoms with van der Waals surface area (Å²) in [5.74, 6) is 0.880. The Hall–Kier alpha value is -2.80. The van der Waals surface area contributed by atoms with Crippen LogP contribution in [0.5, 0.6) is 0 Å². The molecule has 0 aliphatic rings. The predicted octanol–water partition coefficient (Wildman–Crippen LogP) is 4.39. The molecule has 3 rings (SSSR count). The van der Waals surface area contributed by atoms with Gasteiger partial charge in [-0.15, -0.1) is 0 Å². The molecule has 29 heavy (non-hydrogen) atoms. The third-order valence-corrected chi connectivity index (χ3v) is 5.32. The number of benzene rings is 2. The van der Waals surface area contributed by atoms with Crippen molar-refractivity contribution >= 4 is 16.7 Å². The highest BCUT2D eigenvalue weighted by Crippen LogP contribution is 2.23. The van der Waals surface area contributed by atoms with E-state index in [2.05, 4.69) is 23.3 Å². The number of hydrogen-bond donors (Lipinski definition) is 0. The summed E-state index contributed by atoms with van der Waals surface area (Å²) in [4.78, 5) is 17.8. The number of aryl methyl sites for hydroxylation is 1. The topological polar surface area (TPSA) is 64.2 Å². The van der Waals surface area contributed by atoms with Crippen molar-refractivity contribution < 1.29 is 9.31 Å². The number of aromatic nitrogens is 2. The minimum absolute atomic E-state index is 0.0491. The SMILES string of the molecule is CCN(CC)CCn1c(Cc2ccc(CCF)cc2)nc2cc([N+](=O)[O-])ccc21. The van der Waals surface area contributed by atoms with E-state index in [4.69, 9.17) is 4.98 Å². The first-order valence-electron chi connectivity index (χ1n) is 10.0. The number of non-ortho nitro benzene ring substituents is 1. The van der Waals surface area contributed by atoms with E-state index >= 15 is 0 Å². The molecule has 0 amide bonds. The highest BCUT2D eigenvalue weighted by Gasteiger charge is 2.15. The van der Waals surface area contributed by atoms with Crippen LogP contribution in [0, 0.1) is 10.1 Å². The molecule has 6 nitrogen and oxygen atoms in total. The van der Waals surface area contributed by atoms with Gasteiger partial charge in [-0.05, 0) is 30.3 Å². The second kappa shape index (κ2) is 9.60. The summed E-state index contributed by atoms with van der Waals surface area (Å²) in [6.07, 6.45) is 1.04. The fourth-order valence-corrected chi connectivity index (χ4v) is 3.56. The van der Waals surface area contributed by atoms with Gasteiger partial charge in [-0.1, -0.05) is 38.1 Å². The maximum atomic E-state index is 12.5. The number of halogens is 1. The Bertz CT molecular complexity index is 965. The smallest absolute Gasteiger partial charge is 0.271 e. The lowest BCUT2D eigenvalue weighted by atomic mass is 10.1. The molecular weight excluding hydrogens is 371 g/mol. The summed E-state index contributed by atoms with van der Waals surface area (Å²) in [7, 11) is 0. The standard InChI is InChI=1S/C22H27FN4O2/c1-3-25(4-2)13-14-26-21-10-9-19(27(28)29)16-20(21)24-22(26)15-18-7-5-17(6-8-18)11-12-23/h5-10,16H,3-4,11-15H2,1-2H3. The van der Waals surface area contributed by atoms with E-state index in [-0.39, 0.29) is 12.4 Å². The number of fused-ring (bicyclic) bond motifs is 1. The van der Waals surface area contributed by atoms with E-state index in [0.29, 0.717) is 18.4 Å². The van der Waals surface area contributed by atoms with E-state index in [1.807, 2.05) is 24.3 Å². The van der Waals surface area contributed by atoms with Gasteiger partial charge in [0, 0.05) is 38.1 Å². The Balaban J connectivity index is 1.94. The highest BCUT2D eigenvalue weighted by atomic mass is 19.1. The van der Waals surface area contributed by atoms with Crippen LogP contribution in [0.4, 0.5) is 10.1 Å². The fraction of sp³-hybridized carbons (Fsp3) is 0.409. The summed E-state index contributed by atoms with van der Waals surface area (Å²) in [6, 6.07) is 12.8. The van der Waals surface area contributed by atoms with Crippen molar-refractivity contribution in [3.63, 3.8) is 0 Å². The van der Waals surface area contributed by atoms with E-state index in [9.17, 15) is 14.5 Å². The van der Waals surface area contributed by atoms with Crippen molar-refractivity contribution in [3.8, 4) is 0 Å². The molecule has 1 aromatic heterocycles. The van der Waals surface area contributed by atoms with Gasteiger partial charge in [-0.25, -0.2) is 4.98 Å². The van der Waals surface area contributed by atoms with Crippen LogP contribution in [-0.2, 0) is 19.4 Å². The Morgan fingerprint density at radius 1 is 1.10 bits per heavy atom. The van der Waals surface area contributed by atoms with Crippen molar-refractivity contribution in [1.82, 2.24) is 14.5 Å². The molecule has 0 unspecified atom stereocenters. The maximum Gasteiger partial charge on any atom is 0.271 e. The largest absolute Gasteiger partial charge is 0.326 e. The minimum Gasteiger partial charge on any atom is -0.326 e. The van der Waals surface area contributed by atoms with Crippen molar-refractivity contribution in [2.45, 2.75) is 33.2 Å². The molecule has 2 aromatic carbocycles. The molecule has 0 aliphatic carbocycles. The number of alkyl halides is 1. The normalized spacial score (nSPS) is 11.4. The van der Waals surface area contributed by atoms with E-state index in [1.54, 1.807) is 6.07 Å². The van der Waals surface area contributed by atoms with Crippen LogP contribution in [0.25, 0.3) is 11.0 Å². The summed E-state index contributed by atoms with van der Waals surface area (Å²) in [5.41, 5.74) is 3.66. The Morgan fingerprint density at radius 3 is 2.41 bits per heavy atom. The Morgan fingerprint density at radius 2 is 1.79 bits per heavy atom. The maximum absolute atomic E-state index is 12.5. The van der Waals surface area contributed by atoms with Crippen molar-refractivity contribution in [2.24, 2.45) is 0 Å². The molecule has 0 bridgehead atoms. The second-order valence-electron chi connectivity index (χ2n) is 7.07. The molecule has 7 heteroatoms. The first-order valence-corrected chi connectivity index (χ1v) is 10.0. The average molecular weight is 398 g/mol. The first kappa shape index (κ1) is 20.9. The summed E-state index contributed by atoms with van der Waals surface area (Å²) >= 11 is 0. The first-order chi connectivity index (χ1) is 14.0. The number of likely N-dealkylation sites (N-methyl/N-ethyl adjacent to an activating group) is 1. The van der Waals surface area contributed by atoms with Gasteiger partial charge in [0.15, 0.2) is 0 Å². The zero-order valence-corrected chi connectivity index (χ0v) is 17.0. The molecule has 3 aromatic rings. The summed E-state index contributed by atoms with van der Waals surface area (Å²) in [6.45, 7) is 7.51. The van der Waals surface area contributed by atoms with Gasteiger partial charge in [0.2, 0.25) is 0 Å². The summed E-state index contributed by atoms with van der Waals surface area (Å²) in [5, 5.41) is 11.1. The third kappa shape index (κ3) is 4.98. The number of nitro groups is 1. The van der Waals surface area contributed by atoms with Gasteiger partial charge in [-0.3, -0.25) is 14.5 Å². The molecule has 0 radical (unpaired) electrons. The van der Waals surface area contributed by atoms with Crippen molar-refractivity contribution in [1.29, 1.82) is 0 Å². The lowest BCUT2D eigenvalue weighted by Gasteiger charge is -2.19. The number of rotatable bonds is 10. The molecule has 0 N–H and O–H groups in total.